The Morgan fingerprint density at radius 2 is 1.85 bits per heavy atom. The largest absolute Gasteiger partial charge is 0.493 e. The topological polar surface area (TPSA) is 113 Å². The summed E-state index contributed by atoms with van der Waals surface area (Å²) in [5, 5.41) is 13.6. The highest BCUT2D eigenvalue weighted by atomic mass is 16.5. The van der Waals surface area contributed by atoms with Crippen LogP contribution in [0.15, 0.2) is 67.0 Å². The minimum atomic E-state index is -0.232. The molecule has 0 unspecified atom stereocenters. The Bertz CT molecular complexity index is 1250. The van der Waals surface area contributed by atoms with Crippen molar-refractivity contribution >= 4 is 11.6 Å². The van der Waals surface area contributed by atoms with Crippen molar-refractivity contribution in [1.29, 1.82) is 0 Å². The third-order valence-corrected chi connectivity index (χ3v) is 4.95. The molecule has 174 valence electrons. The van der Waals surface area contributed by atoms with Gasteiger partial charge in [0.05, 0.1) is 26.5 Å². The quantitative estimate of drug-likeness (QED) is 0.384. The molecule has 0 bridgehead atoms. The number of tetrazole rings is 1. The van der Waals surface area contributed by atoms with Crippen molar-refractivity contribution in [2.24, 2.45) is 0 Å². The van der Waals surface area contributed by atoms with E-state index in [0.29, 0.717) is 36.1 Å². The monoisotopic (exact) mass is 460 g/mol. The fourth-order valence-corrected chi connectivity index (χ4v) is 3.32. The molecule has 0 aliphatic rings. The summed E-state index contributed by atoms with van der Waals surface area (Å²) in [5.41, 5.74) is 3.31. The summed E-state index contributed by atoms with van der Waals surface area (Å²) < 4.78 is 17.9. The number of hydrogen-bond donors (Lipinski definition) is 1. The van der Waals surface area contributed by atoms with Gasteiger partial charge in [0, 0.05) is 23.7 Å². The first-order chi connectivity index (χ1) is 16.6. The molecule has 0 saturated carbocycles. The molecule has 0 spiro atoms. The highest BCUT2D eigenvalue weighted by Gasteiger charge is 2.08. The van der Waals surface area contributed by atoms with E-state index in [0.717, 1.165) is 16.8 Å². The number of anilines is 1. The Balaban J connectivity index is 1.37. The van der Waals surface area contributed by atoms with E-state index in [9.17, 15) is 4.79 Å². The van der Waals surface area contributed by atoms with Crippen LogP contribution in [0.5, 0.6) is 17.4 Å². The summed E-state index contributed by atoms with van der Waals surface area (Å²) in [7, 11) is 3.22. The van der Waals surface area contributed by atoms with Crippen molar-refractivity contribution in [3.05, 3.63) is 72.6 Å². The number of pyridine rings is 1. The Labute approximate surface area is 196 Å². The number of benzene rings is 2. The number of nitrogens with one attached hydrogen (secondary N) is 1. The van der Waals surface area contributed by atoms with Crippen LogP contribution in [0.1, 0.15) is 5.56 Å². The van der Waals surface area contributed by atoms with E-state index in [1.54, 1.807) is 14.2 Å². The van der Waals surface area contributed by atoms with Gasteiger partial charge in [-0.05, 0) is 46.3 Å². The van der Waals surface area contributed by atoms with E-state index in [1.165, 1.54) is 11.0 Å². The SMILES string of the molecule is COc1ccc(CCOc2cccc(-c3cccc(NC(=O)Cn4cnnn4)c3)n2)cc1OC. The number of aromatic nitrogens is 5. The molecule has 0 aliphatic carbocycles. The van der Waals surface area contributed by atoms with Crippen LogP contribution in [0.2, 0.25) is 0 Å². The van der Waals surface area contributed by atoms with Gasteiger partial charge < -0.3 is 19.5 Å². The van der Waals surface area contributed by atoms with Crippen molar-refractivity contribution in [2.75, 3.05) is 26.1 Å². The summed E-state index contributed by atoms with van der Waals surface area (Å²) in [4.78, 5) is 16.8. The number of ether oxygens (including phenoxy) is 3. The second-order valence-electron chi connectivity index (χ2n) is 7.29. The number of methoxy groups -OCH3 is 2. The van der Waals surface area contributed by atoms with Gasteiger partial charge in [-0.15, -0.1) is 5.10 Å². The molecule has 1 amide bonds. The van der Waals surface area contributed by atoms with Gasteiger partial charge in [0.25, 0.3) is 0 Å². The van der Waals surface area contributed by atoms with Gasteiger partial charge in [-0.25, -0.2) is 9.67 Å². The molecule has 0 aliphatic heterocycles. The normalized spacial score (nSPS) is 10.5. The molecule has 0 saturated heterocycles. The third-order valence-electron chi connectivity index (χ3n) is 4.95. The van der Waals surface area contributed by atoms with Crippen molar-refractivity contribution in [2.45, 2.75) is 13.0 Å². The van der Waals surface area contributed by atoms with Crippen molar-refractivity contribution in [3.63, 3.8) is 0 Å². The van der Waals surface area contributed by atoms with Crippen LogP contribution in [0.25, 0.3) is 11.3 Å². The van der Waals surface area contributed by atoms with Gasteiger partial charge in [-0.1, -0.05) is 24.3 Å². The van der Waals surface area contributed by atoms with Gasteiger partial charge in [0.1, 0.15) is 12.9 Å². The fourth-order valence-electron chi connectivity index (χ4n) is 3.32. The third kappa shape index (κ3) is 5.85. The lowest BCUT2D eigenvalue weighted by Crippen LogP contribution is -2.19. The molecule has 0 atom stereocenters. The van der Waals surface area contributed by atoms with Crippen molar-refractivity contribution in [1.82, 2.24) is 25.2 Å². The molecule has 0 radical (unpaired) electrons. The molecule has 2 heterocycles. The molecule has 1 N–H and O–H groups in total. The molecule has 10 nitrogen and oxygen atoms in total. The summed E-state index contributed by atoms with van der Waals surface area (Å²) in [5.74, 6) is 1.66. The van der Waals surface area contributed by atoms with E-state index in [4.69, 9.17) is 14.2 Å². The minimum absolute atomic E-state index is 0.0267. The van der Waals surface area contributed by atoms with Gasteiger partial charge in [0.2, 0.25) is 11.8 Å². The molecular formula is C24H24N6O4. The van der Waals surface area contributed by atoms with E-state index in [1.807, 2.05) is 60.7 Å². The maximum absolute atomic E-state index is 12.2. The highest BCUT2D eigenvalue weighted by Crippen LogP contribution is 2.28. The lowest BCUT2D eigenvalue weighted by molar-refractivity contribution is -0.116. The second-order valence-corrected chi connectivity index (χ2v) is 7.29. The van der Waals surface area contributed by atoms with Gasteiger partial charge in [-0.2, -0.15) is 0 Å². The lowest BCUT2D eigenvalue weighted by atomic mass is 10.1. The predicted molar refractivity (Wildman–Crippen MR) is 125 cm³/mol. The predicted octanol–water partition coefficient (Wildman–Crippen LogP) is 3.01. The van der Waals surface area contributed by atoms with E-state index >= 15 is 0 Å². The molecule has 4 rings (SSSR count). The van der Waals surface area contributed by atoms with E-state index in [2.05, 4.69) is 25.8 Å². The molecule has 0 fully saturated rings. The molecule has 2 aromatic heterocycles. The average molecular weight is 460 g/mol. The Hall–Kier alpha value is -4.47. The van der Waals surface area contributed by atoms with Crippen LogP contribution >= 0.6 is 0 Å². The van der Waals surface area contributed by atoms with Crippen LogP contribution in [0.3, 0.4) is 0 Å². The first kappa shape index (κ1) is 22.7. The van der Waals surface area contributed by atoms with Crippen LogP contribution in [0, 0.1) is 0 Å². The number of carbonyl (C=O) groups excluding carboxylic acids is 1. The number of amides is 1. The highest BCUT2D eigenvalue weighted by molar-refractivity contribution is 5.91. The van der Waals surface area contributed by atoms with Gasteiger partial charge in [0.15, 0.2) is 11.5 Å². The maximum atomic E-state index is 12.2. The summed E-state index contributed by atoms with van der Waals surface area (Å²) in [6.45, 7) is 0.484. The summed E-state index contributed by atoms with van der Waals surface area (Å²) in [6, 6.07) is 18.8. The first-order valence-electron chi connectivity index (χ1n) is 10.6. The smallest absolute Gasteiger partial charge is 0.246 e. The molecule has 2 aromatic carbocycles. The maximum Gasteiger partial charge on any atom is 0.246 e. The average Bonchev–Trinajstić information content (AvgIpc) is 3.37. The van der Waals surface area contributed by atoms with Gasteiger partial charge in [-0.3, -0.25) is 4.79 Å². The zero-order chi connectivity index (χ0) is 23.8. The van der Waals surface area contributed by atoms with Gasteiger partial charge >= 0.3 is 0 Å². The summed E-state index contributed by atoms with van der Waals surface area (Å²) in [6.07, 6.45) is 2.08. The number of hydrogen-bond acceptors (Lipinski definition) is 8. The Kier molecular flexibility index (Phi) is 7.28. The number of nitrogens with zero attached hydrogens (tertiary/aromatic N) is 5. The van der Waals surface area contributed by atoms with Crippen LogP contribution in [-0.2, 0) is 17.8 Å². The Morgan fingerprint density at radius 1 is 1.00 bits per heavy atom. The van der Waals surface area contributed by atoms with E-state index < -0.39 is 0 Å². The van der Waals surface area contributed by atoms with Crippen molar-refractivity contribution in [3.8, 4) is 28.6 Å². The zero-order valence-corrected chi connectivity index (χ0v) is 18.8. The van der Waals surface area contributed by atoms with Crippen molar-refractivity contribution < 1.29 is 19.0 Å². The summed E-state index contributed by atoms with van der Waals surface area (Å²) >= 11 is 0. The minimum Gasteiger partial charge on any atom is -0.493 e. The first-order valence-corrected chi connectivity index (χ1v) is 10.6. The second kappa shape index (κ2) is 10.9. The fraction of sp³-hybridized carbons (Fsp3) is 0.208. The van der Waals surface area contributed by atoms with Crippen LogP contribution < -0.4 is 19.5 Å². The molecular weight excluding hydrogens is 436 g/mol. The Morgan fingerprint density at radius 3 is 2.65 bits per heavy atom. The lowest BCUT2D eigenvalue weighted by Gasteiger charge is -2.11. The van der Waals surface area contributed by atoms with E-state index in [-0.39, 0.29) is 12.5 Å². The zero-order valence-electron chi connectivity index (χ0n) is 18.8. The van der Waals surface area contributed by atoms with Crippen LogP contribution in [-0.4, -0.2) is 51.9 Å². The molecule has 34 heavy (non-hydrogen) atoms. The molecule has 4 aromatic rings. The standard InChI is InChI=1S/C24H24N6O4/c1-32-21-10-9-17(13-22(21)33-2)11-12-34-24-8-4-7-20(27-24)18-5-3-6-19(14-18)26-23(31)15-30-16-25-28-29-30/h3-10,13-14,16H,11-12,15H2,1-2H3,(H,26,31). The number of rotatable bonds is 10. The van der Waals surface area contributed by atoms with Crippen LogP contribution in [0.4, 0.5) is 5.69 Å². The number of carbonyl (C=O) groups is 1. The molecule has 10 heteroatoms.